The number of amides is 2. The number of aromatic amines is 1. The van der Waals surface area contributed by atoms with Crippen LogP contribution in [0, 0.1) is 11.8 Å². The van der Waals surface area contributed by atoms with Crippen molar-refractivity contribution in [3.63, 3.8) is 0 Å². The molecule has 27 heavy (non-hydrogen) atoms. The average Bonchev–Trinajstić information content (AvgIpc) is 3.30. The minimum absolute atomic E-state index is 0.113. The van der Waals surface area contributed by atoms with E-state index in [1.54, 1.807) is 6.20 Å². The van der Waals surface area contributed by atoms with Gasteiger partial charge in [0, 0.05) is 18.8 Å². The number of rotatable bonds is 2. The van der Waals surface area contributed by atoms with Gasteiger partial charge in [0.2, 0.25) is 0 Å². The average molecular weight is 364 g/mol. The van der Waals surface area contributed by atoms with Gasteiger partial charge in [0.15, 0.2) is 0 Å². The molecule has 0 spiro atoms. The maximum absolute atomic E-state index is 13.3. The lowest BCUT2D eigenvalue weighted by molar-refractivity contribution is 0.141. The third-order valence-electron chi connectivity index (χ3n) is 6.94. The maximum Gasteiger partial charge on any atom is 0.318 e. The topological polar surface area (TPSA) is 61.0 Å². The molecule has 1 saturated heterocycles. The van der Waals surface area contributed by atoms with Gasteiger partial charge in [-0.1, -0.05) is 24.3 Å². The summed E-state index contributed by atoms with van der Waals surface area (Å²) in [6.07, 6.45) is 9.70. The zero-order chi connectivity index (χ0) is 18.2. The number of nitrogens with zero attached hydrogens (tertiary/aromatic N) is 2. The summed E-state index contributed by atoms with van der Waals surface area (Å²) in [4.78, 5) is 15.3. The maximum atomic E-state index is 13.3. The van der Waals surface area contributed by atoms with Gasteiger partial charge in [-0.15, -0.1) is 0 Å². The predicted molar refractivity (Wildman–Crippen MR) is 104 cm³/mol. The molecule has 2 aromatic rings. The fourth-order valence-corrected chi connectivity index (χ4v) is 5.56. The molecule has 2 bridgehead atoms. The van der Waals surface area contributed by atoms with Gasteiger partial charge in [-0.25, -0.2) is 4.79 Å². The lowest BCUT2D eigenvalue weighted by atomic mass is 9.94. The first-order valence-electron chi connectivity index (χ1n) is 10.4. The van der Waals surface area contributed by atoms with Crippen LogP contribution in [0.15, 0.2) is 36.5 Å². The molecule has 2 fully saturated rings. The number of urea groups is 1. The van der Waals surface area contributed by atoms with Crippen LogP contribution < -0.4 is 5.32 Å². The predicted octanol–water partition coefficient (Wildman–Crippen LogP) is 3.84. The Morgan fingerprint density at radius 1 is 1.04 bits per heavy atom. The molecule has 142 valence electrons. The molecule has 3 aliphatic rings. The third-order valence-corrected chi connectivity index (χ3v) is 6.94. The van der Waals surface area contributed by atoms with Crippen LogP contribution in [-0.4, -0.2) is 33.7 Å². The quantitative estimate of drug-likeness (QED) is 0.850. The second-order valence-electron chi connectivity index (χ2n) is 8.47. The monoisotopic (exact) mass is 364 g/mol. The highest BCUT2D eigenvalue weighted by Crippen LogP contribution is 2.40. The van der Waals surface area contributed by atoms with Gasteiger partial charge in [-0.3, -0.25) is 5.10 Å². The van der Waals surface area contributed by atoms with E-state index >= 15 is 0 Å². The Bertz CT molecular complexity index is 769. The smallest absolute Gasteiger partial charge is 0.318 e. The number of likely N-dealkylation sites (tertiary alicyclic amines) is 1. The fourth-order valence-electron chi connectivity index (χ4n) is 5.56. The zero-order valence-electron chi connectivity index (χ0n) is 15.7. The molecule has 2 heterocycles. The highest BCUT2D eigenvalue weighted by Gasteiger charge is 2.41. The van der Waals surface area contributed by atoms with Gasteiger partial charge < -0.3 is 10.2 Å². The molecular formula is C22H28N4O. The van der Waals surface area contributed by atoms with Crippen molar-refractivity contribution in [1.29, 1.82) is 0 Å². The van der Waals surface area contributed by atoms with Crippen LogP contribution in [0.1, 0.15) is 55.0 Å². The highest BCUT2D eigenvalue weighted by molar-refractivity contribution is 5.75. The first-order chi connectivity index (χ1) is 13.3. The summed E-state index contributed by atoms with van der Waals surface area (Å²) >= 11 is 0. The fraction of sp³-hybridized carbons (Fsp3) is 0.545. The number of piperidine rings is 1. The number of hydrogen-bond acceptors (Lipinski definition) is 2. The van der Waals surface area contributed by atoms with E-state index in [0.717, 1.165) is 44.3 Å². The van der Waals surface area contributed by atoms with E-state index in [1.807, 2.05) is 11.0 Å². The van der Waals surface area contributed by atoms with Crippen molar-refractivity contribution in [2.24, 2.45) is 11.8 Å². The molecule has 1 aromatic heterocycles. The molecule has 3 atom stereocenters. The molecule has 0 radical (unpaired) electrons. The number of hydrogen-bond donors (Lipinski definition) is 2. The van der Waals surface area contributed by atoms with Gasteiger partial charge in [0.1, 0.15) is 0 Å². The van der Waals surface area contributed by atoms with E-state index in [1.165, 1.54) is 24.0 Å². The van der Waals surface area contributed by atoms with Gasteiger partial charge in [-0.2, -0.15) is 5.10 Å². The molecule has 2 aliphatic carbocycles. The number of benzene rings is 1. The minimum Gasteiger partial charge on any atom is -0.335 e. The Kier molecular flexibility index (Phi) is 4.38. The van der Waals surface area contributed by atoms with Crippen LogP contribution in [0.3, 0.4) is 0 Å². The second kappa shape index (κ2) is 7.02. The number of carbonyl (C=O) groups excluding carboxylic acids is 1. The molecule has 2 N–H and O–H groups in total. The third kappa shape index (κ3) is 3.13. The first kappa shape index (κ1) is 16.8. The normalized spacial score (nSPS) is 29.9. The van der Waals surface area contributed by atoms with Crippen molar-refractivity contribution >= 4 is 6.03 Å². The molecule has 5 rings (SSSR count). The van der Waals surface area contributed by atoms with Crippen molar-refractivity contribution in [3.05, 3.63) is 53.3 Å². The SMILES string of the molecule is O=C(NC1C2CCC1Cc1ccccc1C2)N1CCCCC1c1ccn[nH]1. The minimum atomic E-state index is 0.113. The van der Waals surface area contributed by atoms with E-state index in [9.17, 15) is 4.79 Å². The van der Waals surface area contributed by atoms with E-state index in [4.69, 9.17) is 0 Å². The largest absolute Gasteiger partial charge is 0.335 e. The Balaban J connectivity index is 1.33. The molecule has 1 aliphatic heterocycles. The summed E-state index contributed by atoms with van der Waals surface area (Å²) in [5.74, 6) is 1.14. The molecule has 5 nitrogen and oxygen atoms in total. The summed E-state index contributed by atoms with van der Waals surface area (Å²) in [5, 5.41) is 10.6. The Labute approximate surface area is 160 Å². The Morgan fingerprint density at radius 2 is 1.78 bits per heavy atom. The standard InChI is InChI=1S/C22H28N4O/c27-22(26-12-4-3-7-20(26)19-10-11-23-25-19)24-21-17-8-9-18(21)14-16-6-2-1-5-15(16)13-17/h1-2,5-6,10-11,17-18,20-21H,3-4,7-9,12-14H2,(H,23,25)(H,24,27). The highest BCUT2D eigenvalue weighted by atomic mass is 16.2. The summed E-state index contributed by atoms with van der Waals surface area (Å²) in [6, 6.07) is 11.4. The molecule has 5 heteroatoms. The molecular weight excluding hydrogens is 336 g/mol. The Morgan fingerprint density at radius 3 is 2.44 bits per heavy atom. The van der Waals surface area contributed by atoms with Crippen LogP contribution in [0.5, 0.6) is 0 Å². The van der Waals surface area contributed by atoms with Crippen LogP contribution in [0.25, 0.3) is 0 Å². The summed E-state index contributed by atoms with van der Waals surface area (Å²) in [5.41, 5.74) is 4.02. The molecule has 1 saturated carbocycles. The van der Waals surface area contributed by atoms with Crippen molar-refractivity contribution in [2.45, 2.75) is 57.0 Å². The van der Waals surface area contributed by atoms with Gasteiger partial charge in [0.05, 0.1) is 11.7 Å². The van der Waals surface area contributed by atoms with Crippen molar-refractivity contribution in [2.75, 3.05) is 6.54 Å². The number of H-pyrrole nitrogens is 1. The molecule has 2 amide bonds. The number of aromatic nitrogens is 2. The van der Waals surface area contributed by atoms with Gasteiger partial charge in [0.25, 0.3) is 0 Å². The van der Waals surface area contributed by atoms with E-state index in [0.29, 0.717) is 17.9 Å². The van der Waals surface area contributed by atoms with E-state index < -0.39 is 0 Å². The van der Waals surface area contributed by atoms with Crippen molar-refractivity contribution in [1.82, 2.24) is 20.4 Å². The molecule has 1 aromatic carbocycles. The lowest BCUT2D eigenvalue weighted by Crippen LogP contribution is -2.51. The summed E-state index contributed by atoms with van der Waals surface area (Å²) in [7, 11) is 0. The number of fused-ring (bicyclic) bond motifs is 3. The first-order valence-corrected chi connectivity index (χ1v) is 10.4. The summed E-state index contributed by atoms with van der Waals surface area (Å²) in [6.45, 7) is 0.831. The van der Waals surface area contributed by atoms with Crippen molar-refractivity contribution < 1.29 is 4.79 Å². The number of carbonyl (C=O) groups is 1. The van der Waals surface area contributed by atoms with Gasteiger partial charge in [-0.05, 0) is 74.0 Å². The van der Waals surface area contributed by atoms with E-state index in [2.05, 4.69) is 39.8 Å². The van der Waals surface area contributed by atoms with Crippen LogP contribution in [-0.2, 0) is 12.8 Å². The molecule has 3 unspecified atom stereocenters. The second-order valence-corrected chi connectivity index (χ2v) is 8.47. The summed E-state index contributed by atoms with van der Waals surface area (Å²) < 4.78 is 0. The van der Waals surface area contributed by atoms with Gasteiger partial charge >= 0.3 is 6.03 Å². The van der Waals surface area contributed by atoms with Crippen LogP contribution >= 0.6 is 0 Å². The van der Waals surface area contributed by atoms with Crippen LogP contribution in [0.2, 0.25) is 0 Å². The van der Waals surface area contributed by atoms with Crippen LogP contribution in [0.4, 0.5) is 4.79 Å². The number of nitrogens with one attached hydrogen (secondary N) is 2. The van der Waals surface area contributed by atoms with E-state index in [-0.39, 0.29) is 12.1 Å². The van der Waals surface area contributed by atoms with Crippen molar-refractivity contribution in [3.8, 4) is 0 Å². The zero-order valence-corrected chi connectivity index (χ0v) is 15.7. The Hall–Kier alpha value is -2.30. The lowest BCUT2D eigenvalue weighted by Gasteiger charge is -2.37.